The molecule has 0 unspecified atom stereocenters. The number of nitro benzene ring substituents is 1. The van der Waals surface area contributed by atoms with E-state index in [-0.39, 0.29) is 18.1 Å². The van der Waals surface area contributed by atoms with E-state index in [1.54, 1.807) is 12.1 Å². The van der Waals surface area contributed by atoms with Crippen LogP contribution in [-0.2, 0) is 17.6 Å². The van der Waals surface area contributed by atoms with Crippen molar-refractivity contribution in [2.24, 2.45) is 5.92 Å². The lowest BCUT2D eigenvalue weighted by Gasteiger charge is -2.17. The van der Waals surface area contributed by atoms with Gasteiger partial charge in [0.25, 0.3) is 5.69 Å². The molecule has 7 nitrogen and oxygen atoms in total. The molecule has 1 amide bonds. The SMILES string of the molecule is C[C@H]1CCc2c(sc(NC(=O)CNc3cccc([N+](=O)[O-])c3)c2C#N)C1. The third-order valence-electron chi connectivity index (χ3n) is 4.39. The van der Waals surface area contributed by atoms with Crippen molar-refractivity contribution in [2.75, 3.05) is 17.2 Å². The number of rotatable bonds is 5. The van der Waals surface area contributed by atoms with Crippen molar-refractivity contribution >= 4 is 33.6 Å². The molecule has 1 aliphatic rings. The highest BCUT2D eigenvalue weighted by molar-refractivity contribution is 7.16. The minimum atomic E-state index is -0.485. The number of amides is 1. The summed E-state index contributed by atoms with van der Waals surface area (Å²) in [6.45, 7) is 2.15. The predicted octanol–water partition coefficient (Wildman–Crippen LogP) is 3.70. The largest absolute Gasteiger partial charge is 0.376 e. The molecule has 0 bridgehead atoms. The summed E-state index contributed by atoms with van der Waals surface area (Å²) in [7, 11) is 0. The van der Waals surface area contributed by atoms with Crippen molar-refractivity contribution in [3.8, 4) is 6.07 Å². The molecule has 0 aliphatic heterocycles. The average molecular weight is 370 g/mol. The van der Waals surface area contributed by atoms with Crippen LogP contribution in [0.4, 0.5) is 16.4 Å². The van der Waals surface area contributed by atoms with Crippen LogP contribution in [0.1, 0.15) is 29.3 Å². The summed E-state index contributed by atoms with van der Waals surface area (Å²) in [4.78, 5) is 23.7. The van der Waals surface area contributed by atoms with Gasteiger partial charge < -0.3 is 10.6 Å². The number of hydrogen-bond acceptors (Lipinski definition) is 6. The number of carbonyl (C=O) groups excluding carboxylic acids is 1. The Bertz CT molecular complexity index is 900. The van der Waals surface area contributed by atoms with Gasteiger partial charge in [0.05, 0.1) is 17.0 Å². The van der Waals surface area contributed by atoms with Crippen molar-refractivity contribution in [3.05, 3.63) is 50.4 Å². The van der Waals surface area contributed by atoms with Gasteiger partial charge in [0.2, 0.25) is 5.91 Å². The van der Waals surface area contributed by atoms with Crippen LogP contribution in [0.15, 0.2) is 24.3 Å². The molecule has 8 heteroatoms. The van der Waals surface area contributed by atoms with Crippen LogP contribution >= 0.6 is 11.3 Å². The van der Waals surface area contributed by atoms with E-state index in [2.05, 4.69) is 23.6 Å². The van der Waals surface area contributed by atoms with E-state index in [0.29, 0.717) is 22.2 Å². The highest BCUT2D eigenvalue weighted by Gasteiger charge is 2.24. The number of nitrogens with zero attached hydrogens (tertiary/aromatic N) is 2. The number of non-ortho nitro benzene ring substituents is 1. The molecular formula is C18H18N4O3S. The van der Waals surface area contributed by atoms with E-state index >= 15 is 0 Å². The van der Waals surface area contributed by atoms with Gasteiger partial charge >= 0.3 is 0 Å². The molecular weight excluding hydrogens is 352 g/mol. The summed E-state index contributed by atoms with van der Waals surface area (Å²) in [6, 6.07) is 8.20. The van der Waals surface area contributed by atoms with Gasteiger partial charge in [-0.2, -0.15) is 5.26 Å². The summed E-state index contributed by atoms with van der Waals surface area (Å²) in [5, 5.41) is 26.5. The van der Waals surface area contributed by atoms with Crippen LogP contribution in [0, 0.1) is 27.4 Å². The maximum Gasteiger partial charge on any atom is 0.271 e. The summed E-state index contributed by atoms with van der Waals surface area (Å²) < 4.78 is 0. The normalized spacial score (nSPS) is 15.6. The summed E-state index contributed by atoms with van der Waals surface area (Å²) in [6.07, 6.45) is 2.87. The summed E-state index contributed by atoms with van der Waals surface area (Å²) in [5.41, 5.74) is 2.09. The van der Waals surface area contributed by atoms with Gasteiger partial charge in [-0.1, -0.05) is 13.0 Å². The average Bonchev–Trinajstić information content (AvgIpc) is 2.96. The zero-order chi connectivity index (χ0) is 18.7. The Balaban J connectivity index is 1.66. The third kappa shape index (κ3) is 3.83. The van der Waals surface area contributed by atoms with Crippen LogP contribution in [0.2, 0.25) is 0 Å². The van der Waals surface area contributed by atoms with E-state index in [9.17, 15) is 20.2 Å². The van der Waals surface area contributed by atoms with Crippen molar-refractivity contribution in [2.45, 2.75) is 26.2 Å². The number of thiophene rings is 1. The van der Waals surface area contributed by atoms with Crippen molar-refractivity contribution in [3.63, 3.8) is 0 Å². The Kier molecular flexibility index (Phi) is 5.19. The van der Waals surface area contributed by atoms with E-state index in [1.165, 1.54) is 28.3 Å². The Labute approximate surface area is 154 Å². The molecule has 1 atom stereocenters. The summed E-state index contributed by atoms with van der Waals surface area (Å²) in [5.74, 6) is 0.298. The molecule has 0 radical (unpaired) electrons. The molecule has 2 N–H and O–H groups in total. The lowest BCUT2D eigenvalue weighted by atomic mass is 9.89. The molecule has 134 valence electrons. The topological polar surface area (TPSA) is 108 Å². The van der Waals surface area contributed by atoms with Crippen LogP contribution in [-0.4, -0.2) is 17.4 Å². The number of nitriles is 1. The first kappa shape index (κ1) is 17.9. The smallest absolute Gasteiger partial charge is 0.271 e. The number of anilines is 2. The fraction of sp³-hybridized carbons (Fsp3) is 0.333. The molecule has 0 saturated carbocycles. The van der Waals surface area contributed by atoms with E-state index in [4.69, 9.17) is 0 Å². The first-order valence-corrected chi connectivity index (χ1v) is 9.12. The zero-order valence-corrected chi connectivity index (χ0v) is 15.1. The molecule has 0 saturated heterocycles. The quantitative estimate of drug-likeness (QED) is 0.616. The number of hydrogen-bond donors (Lipinski definition) is 2. The summed E-state index contributed by atoms with van der Waals surface area (Å²) >= 11 is 1.48. The highest BCUT2D eigenvalue weighted by Crippen LogP contribution is 2.39. The Morgan fingerprint density at radius 1 is 1.50 bits per heavy atom. The van der Waals surface area contributed by atoms with Gasteiger partial charge in [-0.25, -0.2) is 0 Å². The second-order valence-corrected chi connectivity index (χ2v) is 7.48. The monoisotopic (exact) mass is 370 g/mol. The molecule has 2 aromatic rings. The Morgan fingerprint density at radius 2 is 2.31 bits per heavy atom. The minimum absolute atomic E-state index is 0.0367. The van der Waals surface area contributed by atoms with Gasteiger partial charge in [-0.3, -0.25) is 14.9 Å². The maximum atomic E-state index is 12.2. The molecule has 1 aromatic carbocycles. The first-order valence-electron chi connectivity index (χ1n) is 8.30. The van der Waals surface area contributed by atoms with E-state index < -0.39 is 4.92 Å². The number of carbonyl (C=O) groups is 1. The van der Waals surface area contributed by atoms with Crippen molar-refractivity contribution in [1.82, 2.24) is 0 Å². The molecule has 1 heterocycles. The third-order valence-corrected chi connectivity index (χ3v) is 5.56. The zero-order valence-electron chi connectivity index (χ0n) is 14.2. The first-order chi connectivity index (χ1) is 12.5. The van der Waals surface area contributed by atoms with Crippen molar-refractivity contribution in [1.29, 1.82) is 5.26 Å². The molecule has 3 rings (SSSR count). The standard InChI is InChI=1S/C18H18N4O3S/c1-11-5-6-14-15(9-19)18(26-16(14)7-11)21-17(23)10-20-12-3-2-4-13(8-12)22(24)25/h2-4,8,11,20H,5-7,10H2,1H3,(H,21,23)/t11-/m0/s1. The van der Waals surface area contributed by atoms with Gasteiger partial charge in [0.1, 0.15) is 11.1 Å². The van der Waals surface area contributed by atoms with Crippen molar-refractivity contribution < 1.29 is 9.72 Å². The fourth-order valence-electron chi connectivity index (χ4n) is 3.04. The molecule has 0 fully saturated rings. The Morgan fingerprint density at radius 3 is 3.04 bits per heavy atom. The van der Waals surface area contributed by atoms with Gasteiger partial charge in [0, 0.05) is 22.7 Å². The molecule has 26 heavy (non-hydrogen) atoms. The Hall–Kier alpha value is -2.92. The number of benzene rings is 1. The lowest BCUT2D eigenvalue weighted by molar-refractivity contribution is -0.384. The molecule has 1 aromatic heterocycles. The van der Waals surface area contributed by atoms with Gasteiger partial charge in [-0.15, -0.1) is 11.3 Å². The van der Waals surface area contributed by atoms with Crippen LogP contribution in [0.3, 0.4) is 0 Å². The number of nitrogens with one attached hydrogen (secondary N) is 2. The van der Waals surface area contributed by atoms with Gasteiger partial charge in [-0.05, 0) is 36.8 Å². The predicted molar refractivity (Wildman–Crippen MR) is 100 cm³/mol. The van der Waals surface area contributed by atoms with Crippen LogP contribution in [0.25, 0.3) is 0 Å². The molecule has 1 aliphatic carbocycles. The maximum absolute atomic E-state index is 12.2. The fourth-order valence-corrected chi connectivity index (χ4v) is 4.42. The lowest BCUT2D eigenvalue weighted by Crippen LogP contribution is -2.21. The minimum Gasteiger partial charge on any atom is -0.376 e. The van der Waals surface area contributed by atoms with Crippen LogP contribution < -0.4 is 10.6 Å². The van der Waals surface area contributed by atoms with Gasteiger partial charge in [0.15, 0.2) is 0 Å². The van der Waals surface area contributed by atoms with Crippen LogP contribution in [0.5, 0.6) is 0 Å². The number of fused-ring (bicyclic) bond motifs is 1. The highest BCUT2D eigenvalue weighted by atomic mass is 32.1. The van der Waals surface area contributed by atoms with E-state index in [0.717, 1.165) is 24.8 Å². The van der Waals surface area contributed by atoms with E-state index in [1.807, 2.05) is 0 Å². The second-order valence-electron chi connectivity index (χ2n) is 6.38. The number of nitro groups is 1. The second kappa shape index (κ2) is 7.54. The molecule has 0 spiro atoms.